The summed E-state index contributed by atoms with van der Waals surface area (Å²) in [5.41, 5.74) is 2.45. The van der Waals surface area contributed by atoms with Crippen molar-refractivity contribution in [2.45, 2.75) is 6.92 Å². The van der Waals surface area contributed by atoms with Crippen LogP contribution in [0.4, 0.5) is 5.00 Å². The van der Waals surface area contributed by atoms with Crippen LogP contribution in [0.2, 0.25) is 5.02 Å². The van der Waals surface area contributed by atoms with Crippen LogP contribution in [0.5, 0.6) is 0 Å². The Bertz CT molecular complexity index is 1280. The molecule has 0 aliphatic carbocycles. The molecule has 0 saturated carbocycles. The zero-order valence-electron chi connectivity index (χ0n) is 15.9. The van der Waals surface area contributed by atoms with Crippen molar-refractivity contribution in [3.63, 3.8) is 0 Å². The fraction of sp³-hybridized carbons (Fsp3) is 0.0909. The van der Waals surface area contributed by atoms with Gasteiger partial charge in [0.25, 0.3) is 5.91 Å². The molecule has 8 heteroatoms. The first kappa shape index (κ1) is 20.7. The third-order valence-electron chi connectivity index (χ3n) is 4.54. The number of rotatable bonds is 4. The van der Waals surface area contributed by atoms with E-state index in [0.29, 0.717) is 21.2 Å². The van der Waals surface area contributed by atoms with Gasteiger partial charge in [-0.25, -0.2) is 4.79 Å². The third kappa shape index (κ3) is 3.88. The molecule has 0 radical (unpaired) electrons. The molecule has 30 heavy (non-hydrogen) atoms. The largest absolute Gasteiger partial charge is 0.465 e. The number of carbonyl (C=O) groups is 2. The van der Waals surface area contributed by atoms with Gasteiger partial charge in [0.05, 0.1) is 7.11 Å². The van der Waals surface area contributed by atoms with Crippen molar-refractivity contribution in [2.24, 2.45) is 0 Å². The predicted octanol–water partition coefficient (Wildman–Crippen LogP) is 6.92. The molecule has 0 unspecified atom stereocenters. The van der Waals surface area contributed by atoms with E-state index in [9.17, 15) is 9.59 Å². The normalized spacial score (nSPS) is 10.9. The van der Waals surface area contributed by atoms with E-state index in [-0.39, 0.29) is 5.76 Å². The van der Waals surface area contributed by atoms with Crippen molar-refractivity contribution >= 4 is 66.7 Å². The van der Waals surface area contributed by atoms with Gasteiger partial charge < -0.3 is 14.5 Å². The number of thiophene rings is 1. The van der Waals surface area contributed by atoms with Crippen molar-refractivity contribution in [1.29, 1.82) is 0 Å². The highest BCUT2D eigenvalue weighted by atomic mass is 79.9. The third-order valence-corrected chi connectivity index (χ3v) is 6.32. The van der Waals surface area contributed by atoms with E-state index >= 15 is 0 Å². The number of benzene rings is 2. The van der Waals surface area contributed by atoms with Crippen LogP contribution in [-0.2, 0) is 4.74 Å². The monoisotopic (exact) mass is 503 g/mol. The molecule has 4 rings (SSSR count). The first-order valence-corrected chi connectivity index (χ1v) is 10.8. The standard InChI is InChI=1S/C22H15BrClNO4S/c1-11-18(12-3-5-14(23)6-4-12)19(22(27)28-2)21(30-11)25-20(26)17-10-13-9-15(24)7-8-16(13)29-17/h3-10H,1-2H3,(H,25,26). The molecule has 4 aromatic rings. The number of carbonyl (C=O) groups excluding carboxylic acids is 2. The van der Waals surface area contributed by atoms with Crippen molar-refractivity contribution in [3.8, 4) is 11.1 Å². The molecule has 0 spiro atoms. The number of methoxy groups -OCH3 is 1. The number of ether oxygens (including phenoxy) is 1. The lowest BCUT2D eigenvalue weighted by atomic mass is 10.0. The number of hydrogen-bond donors (Lipinski definition) is 1. The second kappa shape index (κ2) is 8.26. The van der Waals surface area contributed by atoms with Crippen LogP contribution in [0.3, 0.4) is 0 Å². The van der Waals surface area contributed by atoms with Crippen LogP contribution >= 0.6 is 38.9 Å². The number of aryl methyl sites for hydroxylation is 1. The Morgan fingerprint density at radius 1 is 1.13 bits per heavy atom. The minimum atomic E-state index is -0.524. The maximum absolute atomic E-state index is 12.8. The second-order valence-electron chi connectivity index (χ2n) is 6.48. The van der Waals surface area contributed by atoms with Crippen molar-refractivity contribution in [1.82, 2.24) is 0 Å². The molecule has 0 saturated heterocycles. The molecule has 2 heterocycles. The van der Waals surface area contributed by atoms with Gasteiger partial charge in [-0.05, 0) is 48.9 Å². The van der Waals surface area contributed by atoms with E-state index in [1.807, 2.05) is 31.2 Å². The van der Waals surface area contributed by atoms with Gasteiger partial charge in [0.1, 0.15) is 16.1 Å². The number of fused-ring (bicyclic) bond motifs is 1. The van der Waals surface area contributed by atoms with Gasteiger partial charge in [-0.2, -0.15) is 0 Å². The van der Waals surface area contributed by atoms with Gasteiger partial charge in [-0.3, -0.25) is 4.79 Å². The molecule has 0 aliphatic heterocycles. The van der Waals surface area contributed by atoms with E-state index in [1.54, 1.807) is 24.3 Å². The Balaban J connectivity index is 1.74. The van der Waals surface area contributed by atoms with Crippen LogP contribution < -0.4 is 5.32 Å². The van der Waals surface area contributed by atoms with E-state index < -0.39 is 11.9 Å². The molecular formula is C22H15BrClNO4S. The summed E-state index contributed by atoms with van der Waals surface area (Å²) < 4.78 is 11.6. The average Bonchev–Trinajstić information content (AvgIpc) is 3.28. The topological polar surface area (TPSA) is 68.5 Å². The van der Waals surface area contributed by atoms with E-state index in [0.717, 1.165) is 25.9 Å². The van der Waals surface area contributed by atoms with Crippen LogP contribution in [-0.4, -0.2) is 19.0 Å². The maximum atomic E-state index is 12.8. The lowest BCUT2D eigenvalue weighted by Gasteiger charge is -2.07. The van der Waals surface area contributed by atoms with Crippen molar-refractivity contribution in [2.75, 3.05) is 12.4 Å². The van der Waals surface area contributed by atoms with Crippen LogP contribution in [0.15, 0.2) is 57.4 Å². The van der Waals surface area contributed by atoms with Gasteiger partial charge in [0.15, 0.2) is 5.76 Å². The number of amides is 1. The highest BCUT2D eigenvalue weighted by Gasteiger charge is 2.26. The zero-order valence-corrected chi connectivity index (χ0v) is 19.1. The minimum Gasteiger partial charge on any atom is -0.465 e. The summed E-state index contributed by atoms with van der Waals surface area (Å²) in [4.78, 5) is 26.3. The van der Waals surface area contributed by atoms with Crippen LogP contribution in [0, 0.1) is 6.92 Å². The Morgan fingerprint density at radius 2 is 1.87 bits per heavy atom. The summed E-state index contributed by atoms with van der Waals surface area (Å²) in [5.74, 6) is -0.862. The molecule has 2 aromatic carbocycles. The Hall–Kier alpha value is -2.61. The number of halogens is 2. The van der Waals surface area contributed by atoms with Crippen molar-refractivity contribution in [3.05, 3.63) is 74.2 Å². The second-order valence-corrected chi connectivity index (χ2v) is 9.06. The molecule has 2 aromatic heterocycles. The Kier molecular flexibility index (Phi) is 5.69. The molecular weight excluding hydrogens is 490 g/mol. The number of esters is 1. The Morgan fingerprint density at radius 3 is 2.57 bits per heavy atom. The molecule has 1 amide bonds. The average molecular weight is 505 g/mol. The molecule has 0 bridgehead atoms. The summed E-state index contributed by atoms with van der Waals surface area (Å²) in [6.07, 6.45) is 0. The number of anilines is 1. The van der Waals surface area contributed by atoms with Gasteiger partial charge in [0, 0.05) is 25.3 Å². The summed E-state index contributed by atoms with van der Waals surface area (Å²) in [7, 11) is 1.31. The molecule has 0 aliphatic rings. The number of nitrogens with one attached hydrogen (secondary N) is 1. The van der Waals surface area contributed by atoms with E-state index in [2.05, 4.69) is 21.2 Å². The van der Waals surface area contributed by atoms with Gasteiger partial charge in [-0.1, -0.05) is 39.7 Å². The summed E-state index contributed by atoms with van der Waals surface area (Å²) >= 11 is 10.7. The number of hydrogen-bond acceptors (Lipinski definition) is 5. The predicted molar refractivity (Wildman–Crippen MR) is 123 cm³/mol. The highest BCUT2D eigenvalue weighted by molar-refractivity contribution is 9.10. The Labute approximate surface area is 189 Å². The SMILES string of the molecule is COC(=O)c1c(NC(=O)c2cc3cc(Cl)ccc3o2)sc(C)c1-c1ccc(Br)cc1. The summed E-state index contributed by atoms with van der Waals surface area (Å²) in [6.45, 7) is 1.90. The molecule has 1 N–H and O–H groups in total. The van der Waals surface area contributed by atoms with Gasteiger partial charge in [-0.15, -0.1) is 11.3 Å². The quantitative estimate of drug-likeness (QED) is 0.306. The van der Waals surface area contributed by atoms with Gasteiger partial charge in [0.2, 0.25) is 0 Å². The molecule has 0 fully saturated rings. The van der Waals surface area contributed by atoms with Crippen LogP contribution in [0.1, 0.15) is 25.8 Å². The molecule has 0 atom stereocenters. The van der Waals surface area contributed by atoms with E-state index in [4.69, 9.17) is 20.8 Å². The fourth-order valence-corrected chi connectivity index (χ4v) is 4.69. The zero-order chi connectivity index (χ0) is 21.4. The van der Waals surface area contributed by atoms with Crippen LogP contribution in [0.25, 0.3) is 22.1 Å². The lowest BCUT2D eigenvalue weighted by Crippen LogP contribution is -2.13. The fourth-order valence-electron chi connectivity index (χ4n) is 3.18. The first-order chi connectivity index (χ1) is 14.4. The summed E-state index contributed by atoms with van der Waals surface area (Å²) in [6, 6.07) is 14.3. The lowest BCUT2D eigenvalue weighted by molar-refractivity contribution is 0.0603. The first-order valence-electron chi connectivity index (χ1n) is 8.85. The molecule has 152 valence electrons. The summed E-state index contributed by atoms with van der Waals surface area (Å²) in [5, 5.41) is 4.48. The van der Waals surface area contributed by atoms with E-state index in [1.165, 1.54) is 18.4 Å². The maximum Gasteiger partial charge on any atom is 0.341 e. The van der Waals surface area contributed by atoms with Gasteiger partial charge >= 0.3 is 5.97 Å². The minimum absolute atomic E-state index is 0.124. The molecule has 5 nitrogen and oxygen atoms in total. The number of furan rings is 1. The van der Waals surface area contributed by atoms with Crippen molar-refractivity contribution < 1.29 is 18.7 Å². The smallest absolute Gasteiger partial charge is 0.341 e. The highest BCUT2D eigenvalue weighted by Crippen LogP contribution is 2.41.